The van der Waals surface area contributed by atoms with Gasteiger partial charge in [0.15, 0.2) is 11.5 Å². The third-order valence-electron chi connectivity index (χ3n) is 2.69. The number of hydrogen-bond acceptors (Lipinski definition) is 4. The van der Waals surface area contributed by atoms with E-state index in [9.17, 15) is 5.11 Å². The fourth-order valence-electron chi connectivity index (χ4n) is 1.72. The Morgan fingerprint density at radius 3 is 2.26 bits per heavy atom. The summed E-state index contributed by atoms with van der Waals surface area (Å²) in [6.07, 6.45) is -0.889. The molecule has 1 N–H and O–H groups in total. The van der Waals surface area contributed by atoms with Gasteiger partial charge in [0.2, 0.25) is 0 Å². The lowest BCUT2D eigenvalue weighted by molar-refractivity contribution is 0.223. The molecule has 1 aromatic heterocycles. The molecule has 2 aromatic rings. The Morgan fingerprint density at radius 1 is 1.11 bits per heavy atom. The van der Waals surface area contributed by atoms with E-state index in [1.165, 1.54) is 25.6 Å². The average molecular weight is 319 g/mol. The molecule has 0 aliphatic heterocycles. The molecule has 0 amide bonds. The van der Waals surface area contributed by atoms with E-state index in [1.807, 2.05) is 5.38 Å². The van der Waals surface area contributed by atoms with E-state index in [2.05, 4.69) is 0 Å². The molecule has 6 heteroatoms. The van der Waals surface area contributed by atoms with Gasteiger partial charge >= 0.3 is 0 Å². The van der Waals surface area contributed by atoms with Crippen molar-refractivity contribution in [1.82, 2.24) is 0 Å². The van der Waals surface area contributed by atoms with Gasteiger partial charge in [-0.3, -0.25) is 0 Å². The van der Waals surface area contributed by atoms with Crippen LogP contribution < -0.4 is 9.47 Å². The molecule has 0 spiro atoms. The van der Waals surface area contributed by atoms with Crippen LogP contribution in [-0.2, 0) is 0 Å². The zero-order valence-electron chi connectivity index (χ0n) is 10.3. The van der Waals surface area contributed by atoms with Crippen LogP contribution in [-0.4, -0.2) is 19.3 Å². The van der Waals surface area contributed by atoms with Crippen molar-refractivity contribution in [2.24, 2.45) is 0 Å². The van der Waals surface area contributed by atoms with Gasteiger partial charge in [0, 0.05) is 11.6 Å². The Balaban J connectivity index is 2.48. The molecule has 0 fully saturated rings. The van der Waals surface area contributed by atoms with Gasteiger partial charge in [-0.05, 0) is 17.5 Å². The highest BCUT2D eigenvalue weighted by atomic mass is 35.5. The number of hydrogen-bond donors (Lipinski definition) is 1. The molecule has 0 aliphatic carbocycles. The number of aliphatic hydroxyl groups excluding tert-OH is 1. The maximum absolute atomic E-state index is 10.4. The van der Waals surface area contributed by atoms with Gasteiger partial charge in [0.25, 0.3) is 0 Å². The lowest BCUT2D eigenvalue weighted by Gasteiger charge is -2.15. The van der Waals surface area contributed by atoms with Crippen LogP contribution in [0.15, 0.2) is 23.6 Å². The molecule has 102 valence electrons. The maximum Gasteiger partial charge on any atom is 0.162 e. The Morgan fingerprint density at radius 2 is 1.74 bits per heavy atom. The van der Waals surface area contributed by atoms with E-state index >= 15 is 0 Å². The average Bonchev–Trinajstić information content (AvgIpc) is 2.83. The summed E-state index contributed by atoms with van der Waals surface area (Å²) in [5.74, 6) is 1.02. The SMILES string of the molecule is COc1cc(Cl)c(C(O)c2sccc2Cl)cc1OC. The highest BCUT2D eigenvalue weighted by Gasteiger charge is 2.20. The molecule has 2 rings (SSSR count). The lowest BCUT2D eigenvalue weighted by atomic mass is 10.1. The quantitative estimate of drug-likeness (QED) is 0.920. The highest BCUT2D eigenvalue weighted by Crippen LogP contribution is 2.40. The number of thiophene rings is 1. The molecule has 1 heterocycles. The summed E-state index contributed by atoms with van der Waals surface area (Å²) in [4.78, 5) is 0.649. The predicted molar refractivity (Wildman–Crippen MR) is 77.9 cm³/mol. The van der Waals surface area contributed by atoms with Crippen LogP contribution in [0, 0.1) is 0 Å². The molecule has 1 unspecified atom stereocenters. The summed E-state index contributed by atoms with van der Waals surface area (Å²) in [6, 6.07) is 5.00. The van der Waals surface area contributed by atoms with Gasteiger partial charge in [-0.25, -0.2) is 0 Å². The summed E-state index contributed by atoms with van der Waals surface area (Å²) in [7, 11) is 3.06. The number of rotatable bonds is 4. The van der Waals surface area contributed by atoms with Gasteiger partial charge in [-0.1, -0.05) is 23.2 Å². The van der Waals surface area contributed by atoms with Crippen LogP contribution in [0.4, 0.5) is 0 Å². The molecular formula is C13H12Cl2O3S. The first-order valence-electron chi connectivity index (χ1n) is 5.40. The largest absolute Gasteiger partial charge is 0.493 e. The minimum atomic E-state index is -0.889. The second-order valence-electron chi connectivity index (χ2n) is 3.76. The Kier molecular flexibility index (Phi) is 4.58. The van der Waals surface area contributed by atoms with E-state index in [-0.39, 0.29) is 0 Å². The molecule has 0 bridgehead atoms. The first kappa shape index (κ1) is 14.5. The topological polar surface area (TPSA) is 38.7 Å². The van der Waals surface area contributed by atoms with E-state index in [0.29, 0.717) is 32.0 Å². The van der Waals surface area contributed by atoms with Crippen molar-refractivity contribution in [3.05, 3.63) is 44.1 Å². The normalized spacial score (nSPS) is 12.3. The Labute approximate surface area is 125 Å². The van der Waals surface area contributed by atoms with E-state index in [0.717, 1.165) is 0 Å². The van der Waals surface area contributed by atoms with Gasteiger partial charge in [-0.15, -0.1) is 11.3 Å². The van der Waals surface area contributed by atoms with Crippen molar-refractivity contribution in [1.29, 1.82) is 0 Å². The molecular weight excluding hydrogens is 307 g/mol. The van der Waals surface area contributed by atoms with Gasteiger partial charge in [0.05, 0.1) is 29.1 Å². The molecule has 19 heavy (non-hydrogen) atoms. The van der Waals surface area contributed by atoms with Crippen molar-refractivity contribution >= 4 is 34.5 Å². The smallest absolute Gasteiger partial charge is 0.162 e. The van der Waals surface area contributed by atoms with Crippen LogP contribution in [0.5, 0.6) is 11.5 Å². The molecule has 1 atom stereocenters. The van der Waals surface area contributed by atoms with Crippen LogP contribution in [0.3, 0.4) is 0 Å². The molecule has 0 saturated heterocycles. The molecule has 0 aliphatic rings. The van der Waals surface area contributed by atoms with E-state index in [4.69, 9.17) is 32.7 Å². The number of benzene rings is 1. The fraction of sp³-hybridized carbons (Fsp3) is 0.231. The van der Waals surface area contributed by atoms with Crippen LogP contribution >= 0.6 is 34.5 Å². The van der Waals surface area contributed by atoms with Crippen molar-refractivity contribution in [2.75, 3.05) is 14.2 Å². The summed E-state index contributed by atoms with van der Waals surface area (Å²) < 4.78 is 10.4. The fourth-order valence-corrected chi connectivity index (χ4v) is 3.14. The van der Waals surface area contributed by atoms with Crippen molar-refractivity contribution in [3.63, 3.8) is 0 Å². The number of halogens is 2. The lowest BCUT2D eigenvalue weighted by Crippen LogP contribution is -2.01. The molecule has 1 aromatic carbocycles. The standard InChI is InChI=1S/C13H12Cl2O3S/c1-17-10-5-7(9(15)6-11(10)18-2)12(16)13-8(14)3-4-19-13/h3-6,12,16H,1-2H3. The second-order valence-corrected chi connectivity index (χ2v) is 5.53. The zero-order chi connectivity index (χ0) is 14.0. The van der Waals surface area contributed by atoms with Crippen molar-refractivity contribution in [2.45, 2.75) is 6.10 Å². The minimum Gasteiger partial charge on any atom is -0.493 e. The Bertz CT molecular complexity index is 583. The molecule has 0 saturated carbocycles. The molecule has 3 nitrogen and oxygen atoms in total. The summed E-state index contributed by atoms with van der Waals surface area (Å²) in [5.41, 5.74) is 0.531. The Hall–Kier alpha value is -0.940. The van der Waals surface area contributed by atoms with E-state index in [1.54, 1.807) is 18.2 Å². The van der Waals surface area contributed by atoms with E-state index < -0.39 is 6.10 Å². The van der Waals surface area contributed by atoms with Gasteiger partial charge in [-0.2, -0.15) is 0 Å². The monoisotopic (exact) mass is 318 g/mol. The van der Waals surface area contributed by atoms with Crippen molar-refractivity contribution in [3.8, 4) is 11.5 Å². The second kappa shape index (κ2) is 6.01. The van der Waals surface area contributed by atoms with Gasteiger partial charge in [0.1, 0.15) is 6.10 Å². The summed E-state index contributed by atoms with van der Waals surface area (Å²) in [6.45, 7) is 0. The number of methoxy groups -OCH3 is 2. The number of aliphatic hydroxyl groups is 1. The van der Waals surface area contributed by atoms with Gasteiger partial charge < -0.3 is 14.6 Å². The minimum absolute atomic E-state index is 0.398. The molecule has 0 radical (unpaired) electrons. The van der Waals surface area contributed by atoms with Crippen LogP contribution in [0.2, 0.25) is 10.0 Å². The zero-order valence-corrected chi connectivity index (χ0v) is 12.6. The first-order valence-corrected chi connectivity index (χ1v) is 7.04. The number of ether oxygens (including phenoxy) is 2. The highest BCUT2D eigenvalue weighted by molar-refractivity contribution is 7.10. The summed E-state index contributed by atoms with van der Waals surface area (Å²) in [5, 5.41) is 13.1. The first-order chi connectivity index (χ1) is 9.08. The maximum atomic E-state index is 10.4. The summed E-state index contributed by atoms with van der Waals surface area (Å²) >= 11 is 13.6. The van der Waals surface area contributed by atoms with Crippen molar-refractivity contribution < 1.29 is 14.6 Å². The van der Waals surface area contributed by atoms with Crippen LogP contribution in [0.1, 0.15) is 16.5 Å². The predicted octanol–water partition coefficient (Wildman–Crippen LogP) is 4.15. The third-order valence-corrected chi connectivity index (χ3v) is 4.43. The van der Waals surface area contributed by atoms with Crippen LogP contribution in [0.25, 0.3) is 0 Å². The third kappa shape index (κ3) is 2.82.